The molecule has 0 atom stereocenters. The van der Waals surface area contributed by atoms with Crippen LogP contribution in [0.3, 0.4) is 0 Å². The summed E-state index contributed by atoms with van der Waals surface area (Å²) in [5, 5.41) is 20.3. The Morgan fingerprint density at radius 1 is 1.43 bits per heavy atom. The van der Waals surface area contributed by atoms with Crippen molar-refractivity contribution in [3.8, 4) is 11.5 Å². The first-order valence-electron chi connectivity index (χ1n) is 7.03. The normalized spacial score (nSPS) is 22.3. The van der Waals surface area contributed by atoms with Crippen LogP contribution in [0.15, 0.2) is 21.3 Å². The van der Waals surface area contributed by atoms with Crippen LogP contribution >= 0.6 is 11.3 Å². The Bertz CT molecular complexity index is 588. The standard InChI is InChI=1S/C14H17N3O3S/c18-14(19)9-1-3-11(4-2-9)15-7-12-16-13(20-17-12)10-5-6-21-8-10/h5-6,8-9,11,15H,1-4,7H2,(H,18,19). The second-order valence-corrected chi connectivity index (χ2v) is 6.08. The number of carboxylic acids is 1. The van der Waals surface area contributed by atoms with E-state index in [0.29, 0.717) is 24.3 Å². The van der Waals surface area contributed by atoms with Gasteiger partial charge in [-0.05, 0) is 37.1 Å². The highest BCUT2D eigenvalue weighted by Crippen LogP contribution is 2.25. The van der Waals surface area contributed by atoms with Crippen molar-refractivity contribution in [3.05, 3.63) is 22.7 Å². The Morgan fingerprint density at radius 2 is 2.24 bits per heavy atom. The van der Waals surface area contributed by atoms with E-state index < -0.39 is 5.97 Å². The molecular formula is C14H17N3O3S. The molecule has 7 heteroatoms. The van der Waals surface area contributed by atoms with Crippen molar-refractivity contribution in [2.24, 2.45) is 5.92 Å². The number of aliphatic carboxylic acids is 1. The number of hydrogen-bond donors (Lipinski definition) is 2. The molecule has 1 aliphatic carbocycles. The number of hydrogen-bond acceptors (Lipinski definition) is 6. The van der Waals surface area contributed by atoms with E-state index in [4.69, 9.17) is 9.63 Å². The van der Waals surface area contributed by atoms with Gasteiger partial charge in [-0.1, -0.05) is 5.16 Å². The molecule has 0 spiro atoms. The molecule has 0 unspecified atom stereocenters. The highest BCUT2D eigenvalue weighted by molar-refractivity contribution is 7.08. The van der Waals surface area contributed by atoms with Crippen LogP contribution in [0.1, 0.15) is 31.5 Å². The highest BCUT2D eigenvalue weighted by atomic mass is 32.1. The molecule has 0 saturated heterocycles. The van der Waals surface area contributed by atoms with E-state index in [1.165, 1.54) is 0 Å². The van der Waals surface area contributed by atoms with Gasteiger partial charge in [-0.3, -0.25) is 4.79 Å². The van der Waals surface area contributed by atoms with Gasteiger partial charge in [0.25, 0.3) is 5.89 Å². The van der Waals surface area contributed by atoms with Crippen molar-refractivity contribution < 1.29 is 14.4 Å². The maximum atomic E-state index is 10.9. The van der Waals surface area contributed by atoms with Crippen LogP contribution in [0, 0.1) is 5.92 Å². The average Bonchev–Trinajstić information content (AvgIpc) is 3.16. The Morgan fingerprint density at radius 3 is 2.90 bits per heavy atom. The van der Waals surface area contributed by atoms with Crippen molar-refractivity contribution in [1.82, 2.24) is 15.5 Å². The zero-order valence-corrected chi connectivity index (χ0v) is 12.3. The third-order valence-corrected chi connectivity index (χ3v) is 4.54. The molecule has 2 heterocycles. The molecule has 2 aromatic heterocycles. The maximum Gasteiger partial charge on any atom is 0.306 e. The Labute approximate surface area is 126 Å². The lowest BCUT2D eigenvalue weighted by atomic mass is 9.86. The largest absolute Gasteiger partial charge is 0.481 e. The molecule has 0 bridgehead atoms. The fraction of sp³-hybridized carbons (Fsp3) is 0.500. The van der Waals surface area contributed by atoms with E-state index in [2.05, 4.69) is 15.5 Å². The minimum Gasteiger partial charge on any atom is -0.481 e. The molecule has 6 nitrogen and oxygen atoms in total. The van der Waals surface area contributed by atoms with Crippen molar-refractivity contribution in [3.63, 3.8) is 0 Å². The Balaban J connectivity index is 1.49. The summed E-state index contributed by atoms with van der Waals surface area (Å²) in [7, 11) is 0. The molecule has 1 fully saturated rings. The number of rotatable bonds is 5. The van der Waals surface area contributed by atoms with E-state index in [1.54, 1.807) is 11.3 Å². The summed E-state index contributed by atoms with van der Waals surface area (Å²) >= 11 is 1.59. The molecular weight excluding hydrogens is 290 g/mol. The summed E-state index contributed by atoms with van der Waals surface area (Å²) in [6, 6.07) is 2.28. The van der Waals surface area contributed by atoms with E-state index >= 15 is 0 Å². The average molecular weight is 307 g/mol. The number of nitrogens with one attached hydrogen (secondary N) is 1. The molecule has 112 valence electrons. The van der Waals surface area contributed by atoms with Gasteiger partial charge in [-0.25, -0.2) is 0 Å². The molecule has 3 rings (SSSR count). The van der Waals surface area contributed by atoms with Crippen molar-refractivity contribution >= 4 is 17.3 Å². The molecule has 0 aliphatic heterocycles. The molecule has 1 saturated carbocycles. The fourth-order valence-corrected chi connectivity index (χ4v) is 3.24. The summed E-state index contributed by atoms with van der Waals surface area (Å²) < 4.78 is 5.23. The van der Waals surface area contributed by atoms with Gasteiger partial charge < -0.3 is 14.9 Å². The number of thiophene rings is 1. The third-order valence-electron chi connectivity index (χ3n) is 3.86. The van der Waals surface area contributed by atoms with Gasteiger partial charge in [0.15, 0.2) is 5.82 Å². The number of carboxylic acid groups (broad SMARTS) is 1. The first-order chi connectivity index (χ1) is 10.2. The first-order valence-corrected chi connectivity index (χ1v) is 7.98. The number of aromatic nitrogens is 2. The summed E-state index contributed by atoms with van der Waals surface area (Å²) in [6.07, 6.45) is 3.23. The second-order valence-electron chi connectivity index (χ2n) is 5.30. The van der Waals surface area contributed by atoms with Gasteiger partial charge in [-0.2, -0.15) is 16.3 Å². The van der Waals surface area contributed by atoms with Gasteiger partial charge in [0.1, 0.15) is 0 Å². The Kier molecular flexibility index (Phi) is 4.31. The predicted octanol–water partition coefficient (Wildman–Crippen LogP) is 2.53. The quantitative estimate of drug-likeness (QED) is 0.882. The summed E-state index contributed by atoms with van der Waals surface area (Å²) in [5.74, 6) is 0.324. The van der Waals surface area contributed by atoms with Crippen molar-refractivity contribution in [2.45, 2.75) is 38.3 Å². The monoisotopic (exact) mass is 307 g/mol. The lowest BCUT2D eigenvalue weighted by Gasteiger charge is -2.26. The van der Waals surface area contributed by atoms with Crippen LogP contribution in [0.25, 0.3) is 11.5 Å². The minimum absolute atomic E-state index is 0.182. The molecule has 0 radical (unpaired) electrons. The topological polar surface area (TPSA) is 88.2 Å². The first kappa shape index (κ1) is 14.2. The number of carbonyl (C=O) groups is 1. The predicted molar refractivity (Wildman–Crippen MR) is 77.8 cm³/mol. The molecule has 0 amide bonds. The van der Waals surface area contributed by atoms with E-state index in [1.807, 2.05) is 16.8 Å². The molecule has 2 aromatic rings. The molecule has 21 heavy (non-hydrogen) atoms. The van der Waals surface area contributed by atoms with Gasteiger partial charge in [0.05, 0.1) is 18.0 Å². The second kappa shape index (κ2) is 6.36. The highest BCUT2D eigenvalue weighted by Gasteiger charge is 2.25. The van der Waals surface area contributed by atoms with Crippen LogP contribution in [-0.2, 0) is 11.3 Å². The fourth-order valence-electron chi connectivity index (χ4n) is 2.61. The lowest BCUT2D eigenvalue weighted by molar-refractivity contribution is -0.142. The molecule has 1 aliphatic rings. The van der Waals surface area contributed by atoms with Crippen LogP contribution < -0.4 is 5.32 Å². The van der Waals surface area contributed by atoms with Crippen LogP contribution in [0.5, 0.6) is 0 Å². The number of nitrogens with zero attached hydrogens (tertiary/aromatic N) is 2. The summed E-state index contributed by atoms with van der Waals surface area (Å²) in [5.41, 5.74) is 0.945. The van der Waals surface area contributed by atoms with Crippen LogP contribution in [-0.4, -0.2) is 27.3 Å². The van der Waals surface area contributed by atoms with Gasteiger partial charge in [-0.15, -0.1) is 0 Å². The van der Waals surface area contributed by atoms with Gasteiger partial charge in [0, 0.05) is 11.4 Å². The SMILES string of the molecule is O=C(O)C1CCC(NCc2noc(-c3ccsc3)n2)CC1. The minimum atomic E-state index is -0.674. The zero-order chi connectivity index (χ0) is 14.7. The molecule has 0 aromatic carbocycles. The Hall–Kier alpha value is -1.73. The smallest absolute Gasteiger partial charge is 0.306 e. The van der Waals surface area contributed by atoms with E-state index in [9.17, 15) is 4.79 Å². The zero-order valence-electron chi connectivity index (χ0n) is 11.5. The third kappa shape index (κ3) is 3.48. The summed E-state index contributed by atoms with van der Waals surface area (Å²) in [6.45, 7) is 0.552. The summed E-state index contributed by atoms with van der Waals surface area (Å²) in [4.78, 5) is 15.3. The lowest BCUT2D eigenvalue weighted by Crippen LogP contribution is -2.34. The molecule has 2 N–H and O–H groups in total. The maximum absolute atomic E-state index is 10.9. The van der Waals surface area contributed by atoms with Gasteiger partial charge >= 0.3 is 5.97 Å². The van der Waals surface area contributed by atoms with Gasteiger partial charge in [0.2, 0.25) is 0 Å². The van der Waals surface area contributed by atoms with Crippen LogP contribution in [0.2, 0.25) is 0 Å². The van der Waals surface area contributed by atoms with E-state index in [0.717, 1.165) is 31.2 Å². The van der Waals surface area contributed by atoms with Crippen molar-refractivity contribution in [1.29, 1.82) is 0 Å². The van der Waals surface area contributed by atoms with E-state index in [-0.39, 0.29) is 5.92 Å². The van der Waals surface area contributed by atoms with Crippen molar-refractivity contribution in [2.75, 3.05) is 0 Å². The van der Waals surface area contributed by atoms with Crippen LogP contribution in [0.4, 0.5) is 0 Å².